The van der Waals surface area contributed by atoms with Gasteiger partial charge in [0.15, 0.2) is 6.79 Å². The van der Waals surface area contributed by atoms with Crippen LogP contribution in [0.3, 0.4) is 0 Å². The molecule has 0 N–H and O–H groups in total. The summed E-state index contributed by atoms with van der Waals surface area (Å²) in [5.74, 6) is 6.94. The molecule has 0 heterocycles. The van der Waals surface area contributed by atoms with Gasteiger partial charge in [-0.15, -0.1) is 6.42 Å². The van der Waals surface area contributed by atoms with Gasteiger partial charge in [-0.05, 0) is 67.8 Å². The van der Waals surface area contributed by atoms with Crippen molar-refractivity contribution >= 4 is 0 Å². The lowest BCUT2D eigenvalue weighted by Gasteiger charge is -2.57. The Hall–Kier alpha value is -1.70. The number of hydrogen-bond acceptors (Lipinski definition) is 4. The van der Waals surface area contributed by atoms with Crippen LogP contribution >= 0.6 is 0 Å². The van der Waals surface area contributed by atoms with Crippen LogP contribution in [0.25, 0.3) is 0 Å². The van der Waals surface area contributed by atoms with E-state index < -0.39 is 0 Å². The minimum absolute atomic E-state index is 0.203. The van der Waals surface area contributed by atoms with Gasteiger partial charge < -0.3 is 18.9 Å². The van der Waals surface area contributed by atoms with Gasteiger partial charge in [0.2, 0.25) is 0 Å². The van der Waals surface area contributed by atoms with E-state index in [0.29, 0.717) is 19.0 Å². The highest BCUT2D eigenvalue weighted by Crippen LogP contribution is 2.62. The van der Waals surface area contributed by atoms with E-state index >= 15 is 0 Å². The molecule has 1 aromatic carbocycles. The molecule has 5 rings (SSSR count). The van der Waals surface area contributed by atoms with Gasteiger partial charge in [0.1, 0.15) is 11.5 Å². The first-order chi connectivity index (χ1) is 13.2. The lowest BCUT2D eigenvalue weighted by molar-refractivity contribution is -0.0190. The van der Waals surface area contributed by atoms with Crippen molar-refractivity contribution in [1.29, 1.82) is 0 Å². The maximum Gasteiger partial charge on any atom is 0.189 e. The molecule has 0 saturated heterocycles. The van der Waals surface area contributed by atoms with Crippen molar-refractivity contribution in [2.75, 3.05) is 34.2 Å². The normalized spacial score (nSPS) is 30.9. The van der Waals surface area contributed by atoms with Gasteiger partial charge in [-0.3, -0.25) is 0 Å². The van der Waals surface area contributed by atoms with Crippen LogP contribution in [0.15, 0.2) is 12.1 Å². The lowest BCUT2D eigenvalue weighted by Crippen LogP contribution is -2.48. The fourth-order valence-corrected chi connectivity index (χ4v) is 6.12. The zero-order chi connectivity index (χ0) is 18.9. The maximum atomic E-state index is 6.09. The number of ether oxygens (including phenoxy) is 4. The summed E-state index contributed by atoms with van der Waals surface area (Å²) in [7, 11) is 3.32. The Bertz CT molecular complexity index is 683. The third-order valence-corrected chi connectivity index (χ3v) is 6.80. The van der Waals surface area contributed by atoms with Crippen LogP contribution in [0.2, 0.25) is 0 Å². The summed E-state index contributed by atoms with van der Waals surface area (Å²) in [5, 5.41) is 0. The summed E-state index contributed by atoms with van der Waals surface area (Å²) in [5.41, 5.74) is 2.29. The number of hydrogen-bond donors (Lipinski definition) is 0. The fraction of sp³-hybridized carbons (Fsp3) is 0.652. The van der Waals surface area contributed by atoms with Crippen LogP contribution in [-0.4, -0.2) is 34.2 Å². The Labute approximate surface area is 162 Å². The van der Waals surface area contributed by atoms with E-state index in [9.17, 15) is 0 Å². The van der Waals surface area contributed by atoms with Crippen LogP contribution in [0.4, 0.5) is 0 Å². The van der Waals surface area contributed by atoms with Crippen LogP contribution in [0.5, 0.6) is 11.5 Å². The third-order valence-electron chi connectivity index (χ3n) is 6.80. The second-order valence-electron chi connectivity index (χ2n) is 8.55. The van der Waals surface area contributed by atoms with Crippen molar-refractivity contribution in [2.45, 2.75) is 43.9 Å². The average Bonchev–Trinajstić information content (AvgIpc) is 2.66. The summed E-state index contributed by atoms with van der Waals surface area (Å²) in [6.07, 6.45) is 13.8. The average molecular weight is 370 g/mol. The topological polar surface area (TPSA) is 36.9 Å². The minimum Gasteiger partial charge on any atom is -0.495 e. The van der Waals surface area contributed by atoms with Crippen LogP contribution < -0.4 is 9.47 Å². The molecule has 27 heavy (non-hydrogen) atoms. The molecule has 4 aliphatic rings. The quantitative estimate of drug-likeness (QED) is 0.391. The van der Waals surface area contributed by atoms with Crippen molar-refractivity contribution in [1.82, 2.24) is 0 Å². The molecule has 0 amide bonds. The van der Waals surface area contributed by atoms with E-state index in [4.69, 9.17) is 25.4 Å². The van der Waals surface area contributed by atoms with Crippen LogP contribution in [0, 0.1) is 30.1 Å². The predicted octanol–water partition coefficient (Wildman–Crippen LogP) is 4.14. The van der Waals surface area contributed by atoms with Crippen LogP contribution in [-0.2, 0) is 14.9 Å². The molecule has 4 bridgehead atoms. The smallest absolute Gasteiger partial charge is 0.189 e. The number of rotatable bonds is 8. The summed E-state index contributed by atoms with van der Waals surface area (Å²) in [6, 6.07) is 4.11. The molecule has 1 aromatic rings. The summed E-state index contributed by atoms with van der Waals surface area (Å²) in [4.78, 5) is 0. The molecular formula is C23H30O4. The van der Waals surface area contributed by atoms with Gasteiger partial charge >= 0.3 is 0 Å². The standard InChI is InChI=1S/C23H30O4/c1-4-19-10-20(22(11-21(19)25-3)27-15-26-6-5-24-2)23-12-16-7-17(13-23)9-18(8-16)14-23/h1,10-11,16-18H,5-9,12-15H2,2-3H3. The Kier molecular flexibility index (Phi) is 5.34. The molecule has 4 heteroatoms. The second kappa shape index (κ2) is 7.73. The fourth-order valence-electron chi connectivity index (χ4n) is 6.12. The molecule has 0 radical (unpaired) electrons. The summed E-state index contributed by atoms with van der Waals surface area (Å²) in [6.45, 7) is 1.29. The second-order valence-corrected chi connectivity index (χ2v) is 8.55. The molecule has 4 nitrogen and oxygen atoms in total. The monoisotopic (exact) mass is 370 g/mol. The van der Waals surface area contributed by atoms with E-state index in [1.54, 1.807) is 14.2 Å². The molecular weight excluding hydrogens is 340 g/mol. The van der Waals surface area contributed by atoms with Crippen molar-refractivity contribution in [3.05, 3.63) is 23.3 Å². The first kappa shape index (κ1) is 18.7. The van der Waals surface area contributed by atoms with Crippen molar-refractivity contribution in [2.24, 2.45) is 17.8 Å². The predicted molar refractivity (Wildman–Crippen MR) is 104 cm³/mol. The van der Waals surface area contributed by atoms with Gasteiger partial charge in [0.25, 0.3) is 0 Å². The molecule has 4 aliphatic carbocycles. The van der Waals surface area contributed by atoms with Gasteiger partial charge in [-0.25, -0.2) is 0 Å². The molecule has 4 fully saturated rings. The summed E-state index contributed by atoms with van der Waals surface area (Å²) < 4.78 is 22.2. The Balaban J connectivity index is 1.65. The van der Waals surface area contributed by atoms with Gasteiger partial charge in [0, 0.05) is 18.7 Å². The number of terminal acetylenes is 1. The maximum absolute atomic E-state index is 6.09. The van der Waals surface area contributed by atoms with Crippen molar-refractivity contribution in [3.8, 4) is 23.8 Å². The van der Waals surface area contributed by atoms with E-state index in [0.717, 1.165) is 29.1 Å². The Morgan fingerprint density at radius 2 is 1.67 bits per heavy atom. The van der Waals surface area contributed by atoms with E-state index in [1.165, 1.54) is 44.1 Å². The highest BCUT2D eigenvalue weighted by Gasteiger charge is 2.52. The molecule has 4 saturated carbocycles. The molecule has 146 valence electrons. The SMILES string of the molecule is C#Cc1cc(C23CC4CC(CC(C4)C2)C3)c(OCOCCOC)cc1OC. The summed E-state index contributed by atoms with van der Waals surface area (Å²) >= 11 is 0. The highest BCUT2D eigenvalue weighted by molar-refractivity contribution is 5.56. The lowest BCUT2D eigenvalue weighted by atomic mass is 9.48. The van der Waals surface area contributed by atoms with Crippen molar-refractivity contribution in [3.63, 3.8) is 0 Å². The van der Waals surface area contributed by atoms with E-state index in [2.05, 4.69) is 12.0 Å². The number of benzene rings is 1. The first-order valence-corrected chi connectivity index (χ1v) is 10.1. The zero-order valence-corrected chi connectivity index (χ0v) is 16.5. The van der Waals surface area contributed by atoms with Crippen molar-refractivity contribution < 1.29 is 18.9 Å². The first-order valence-electron chi connectivity index (χ1n) is 10.1. The zero-order valence-electron chi connectivity index (χ0n) is 16.5. The van der Waals surface area contributed by atoms with Gasteiger partial charge in [-0.2, -0.15) is 0 Å². The molecule has 0 atom stereocenters. The number of methoxy groups -OCH3 is 2. The largest absolute Gasteiger partial charge is 0.495 e. The molecule has 0 unspecified atom stereocenters. The highest BCUT2D eigenvalue weighted by atomic mass is 16.7. The Morgan fingerprint density at radius 1 is 1.00 bits per heavy atom. The van der Waals surface area contributed by atoms with E-state index in [1.807, 2.05) is 6.07 Å². The Morgan fingerprint density at radius 3 is 2.22 bits per heavy atom. The van der Waals surface area contributed by atoms with Gasteiger partial charge in [0.05, 0.1) is 25.9 Å². The third kappa shape index (κ3) is 3.56. The molecule has 0 aromatic heterocycles. The molecule has 0 aliphatic heterocycles. The van der Waals surface area contributed by atoms with Crippen LogP contribution in [0.1, 0.15) is 49.7 Å². The molecule has 0 spiro atoms. The van der Waals surface area contributed by atoms with E-state index in [-0.39, 0.29) is 12.2 Å². The van der Waals surface area contributed by atoms with Gasteiger partial charge in [-0.1, -0.05) is 5.92 Å². The minimum atomic E-state index is 0.203.